The molecule has 0 heterocycles. The summed E-state index contributed by atoms with van der Waals surface area (Å²) in [4.78, 5) is 36.6. The average Bonchev–Trinajstić information content (AvgIpc) is 2.60. The highest BCUT2D eigenvalue weighted by atomic mass is 16.4. The number of carbonyl (C=O) groups excluding carboxylic acids is 2. The average molecular weight is 368 g/mol. The van der Waals surface area contributed by atoms with E-state index in [1.807, 2.05) is 26.0 Å². The second-order valence-electron chi connectivity index (χ2n) is 6.67. The van der Waals surface area contributed by atoms with Gasteiger partial charge in [-0.1, -0.05) is 24.3 Å². The number of carbonyl (C=O) groups is 3. The lowest BCUT2D eigenvalue weighted by Crippen LogP contribution is -2.34. The van der Waals surface area contributed by atoms with Crippen LogP contribution in [0.3, 0.4) is 0 Å². The van der Waals surface area contributed by atoms with Crippen molar-refractivity contribution in [3.63, 3.8) is 0 Å². The van der Waals surface area contributed by atoms with Gasteiger partial charge in [0.1, 0.15) is 0 Å². The van der Waals surface area contributed by atoms with Crippen LogP contribution in [0.2, 0.25) is 0 Å². The van der Waals surface area contributed by atoms with Crippen molar-refractivity contribution in [2.24, 2.45) is 0 Å². The predicted octanol–water partition coefficient (Wildman–Crippen LogP) is 3.32. The Balaban J connectivity index is 1.97. The van der Waals surface area contributed by atoms with Crippen LogP contribution < -0.4 is 5.32 Å². The van der Waals surface area contributed by atoms with Crippen LogP contribution in [-0.2, 0) is 22.6 Å². The van der Waals surface area contributed by atoms with Gasteiger partial charge in [-0.25, -0.2) is 4.79 Å². The van der Waals surface area contributed by atoms with E-state index >= 15 is 0 Å². The van der Waals surface area contributed by atoms with Gasteiger partial charge in [0.25, 0.3) is 0 Å². The summed E-state index contributed by atoms with van der Waals surface area (Å²) in [6.07, 6.45) is 0.0916. The number of hydrogen-bond donors (Lipinski definition) is 2. The third-order valence-electron chi connectivity index (χ3n) is 4.16. The lowest BCUT2D eigenvalue weighted by molar-refractivity contribution is -0.131. The van der Waals surface area contributed by atoms with Gasteiger partial charge in [0.05, 0.1) is 12.0 Å². The van der Waals surface area contributed by atoms with Crippen LogP contribution in [0.5, 0.6) is 0 Å². The van der Waals surface area contributed by atoms with Gasteiger partial charge in [-0.2, -0.15) is 0 Å². The summed E-state index contributed by atoms with van der Waals surface area (Å²) in [5, 5.41) is 11.8. The molecule has 2 rings (SSSR count). The minimum atomic E-state index is -1.02. The number of anilines is 1. The van der Waals surface area contributed by atoms with Gasteiger partial charge in [-0.3, -0.25) is 9.59 Å². The minimum absolute atomic E-state index is 0.0194. The monoisotopic (exact) mass is 368 g/mol. The van der Waals surface area contributed by atoms with E-state index in [0.717, 1.165) is 5.56 Å². The molecular formula is C21H24N2O4. The number of nitrogens with zero attached hydrogens (tertiary/aromatic N) is 1. The van der Waals surface area contributed by atoms with E-state index in [1.165, 1.54) is 12.1 Å². The fourth-order valence-electron chi connectivity index (χ4n) is 2.75. The molecule has 6 nitrogen and oxygen atoms in total. The first-order valence-electron chi connectivity index (χ1n) is 8.74. The van der Waals surface area contributed by atoms with E-state index < -0.39 is 5.97 Å². The highest BCUT2D eigenvalue weighted by Crippen LogP contribution is 2.14. The molecule has 2 aromatic rings. The third kappa shape index (κ3) is 5.95. The van der Waals surface area contributed by atoms with E-state index in [0.29, 0.717) is 17.8 Å². The molecule has 142 valence electrons. The maximum atomic E-state index is 12.2. The molecule has 2 N–H and O–H groups in total. The lowest BCUT2D eigenvalue weighted by atomic mass is 10.1. The van der Waals surface area contributed by atoms with E-state index in [9.17, 15) is 14.4 Å². The Morgan fingerprint density at radius 3 is 2.26 bits per heavy atom. The molecule has 0 aliphatic carbocycles. The number of hydrogen-bond acceptors (Lipinski definition) is 3. The summed E-state index contributed by atoms with van der Waals surface area (Å²) < 4.78 is 0. The number of carboxylic acid groups (broad SMARTS) is 1. The number of aromatic carboxylic acids is 1. The lowest BCUT2D eigenvalue weighted by Gasteiger charge is -2.25. The van der Waals surface area contributed by atoms with Crippen LogP contribution in [0.25, 0.3) is 0 Å². The molecule has 0 aromatic heterocycles. The van der Waals surface area contributed by atoms with Crippen LogP contribution in [0, 0.1) is 0 Å². The molecule has 6 heteroatoms. The summed E-state index contributed by atoms with van der Waals surface area (Å²) in [7, 11) is 0. The third-order valence-corrected chi connectivity index (χ3v) is 4.16. The van der Waals surface area contributed by atoms with Gasteiger partial charge >= 0.3 is 5.97 Å². The maximum absolute atomic E-state index is 12.2. The van der Waals surface area contributed by atoms with Crippen molar-refractivity contribution in [3.8, 4) is 0 Å². The van der Waals surface area contributed by atoms with Gasteiger partial charge in [0, 0.05) is 25.2 Å². The summed E-state index contributed by atoms with van der Waals surface area (Å²) >= 11 is 0. The number of carboxylic acids is 1. The van der Waals surface area contributed by atoms with E-state index in [2.05, 4.69) is 5.32 Å². The largest absolute Gasteiger partial charge is 0.478 e. The SMILES string of the molecule is CC(=O)N(Cc1ccc(NC(=O)Cc2cccc(C(=O)O)c2)cc1)C(C)C. The van der Waals surface area contributed by atoms with Gasteiger partial charge in [-0.15, -0.1) is 0 Å². The van der Waals surface area contributed by atoms with E-state index in [1.54, 1.807) is 36.1 Å². The highest BCUT2D eigenvalue weighted by molar-refractivity contribution is 5.93. The van der Waals surface area contributed by atoms with Crippen molar-refractivity contribution in [2.45, 2.75) is 39.8 Å². The van der Waals surface area contributed by atoms with Crippen LogP contribution >= 0.6 is 0 Å². The molecule has 0 saturated carbocycles. The standard InChI is InChI=1S/C21H24N2O4/c1-14(2)23(15(3)24)13-16-7-9-19(10-8-16)22-20(25)12-17-5-4-6-18(11-17)21(26)27/h4-11,14H,12-13H2,1-3H3,(H,22,25)(H,26,27). The minimum Gasteiger partial charge on any atom is -0.478 e. The summed E-state index contributed by atoms with van der Waals surface area (Å²) in [5.41, 5.74) is 2.42. The van der Waals surface area contributed by atoms with Crippen molar-refractivity contribution in [1.29, 1.82) is 0 Å². The Hall–Kier alpha value is -3.15. The zero-order valence-electron chi connectivity index (χ0n) is 15.7. The Morgan fingerprint density at radius 2 is 1.70 bits per heavy atom. The molecular weight excluding hydrogens is 344 g/mol. The van der Waals surface area contributed by atoms with Crippen molar-refractivity contribution in [1.82, 2.24) is 4.90 Å². The van der Waals surface area contributed by atoms with Crippen molar-refractivity contribution >= 4 is 23.5 Å². The normalized spacial score (nSPS) is 10.5. The quantitative estimate of drug-likeness (QED) is 0.785. The van der Waals surface area contributed by atoms with Crippen LogP contribution in [-0.4, -0.2) is 33.8 Å². The molecule has 0 radical (unpaired) electrons. The molecule has 0 bridgehead atoms. The van der Waals surface area contributed by atoms with E-state index in [-0.39, 0.29) is 29.8 Å². The molecule has 0 unspecified atom stereocenters. The zero-order chi connectivity index (χ0) is 20.0. The number of rotatable bonds is 7. The van der Waals surface area contributed by atoms with Gasteiger partial charge in [-0.05, 0) is 49.2 Å². The summed E-state index contributed by atoms with van der Waals surface area (Å²) in [5.74, 6) is -1.22. The first kappa shape index (κ1) is 20.2. The first-order chi connectivity index (χ1) is 12.8. The van der Waals surface area contributed by atoms with Crippen molar-refractivity contribution in [2.75, 3.05) is 5.32 Å². The molecule has 0 aliphatic rings. The molecule has 0 atom stereocenters. The Labute approximate surface area is 158 Å². The molecule has 2 amide bonds. The fraction of sp³-hybridized carbons (Fsp3) is 0.286. The van der Waals surface area contributed by atoms with Gasteiger partial charge < -0.3 is 15.3 Å². The van der Waals surface area contributed by atoms with Crippen LogP contribution in [0.4, 0.5) is 5.69 Å². The van der Waals surface area contributed by atoms with Gasteiger partial charge in [0.15, 0.2) is 0 Å². The highest BCUT2D eigenvalue weighted by Gasteiger charge is 2.13. The van der Waals surface area contributed by atoms with E-state index in [4.69, 9.17) is 5.11 Å². The maximum Gasteiger partial charge on any atom is 0.335 e. The second kappa shape index (κ2) is 8.98. The van der Waals surface area contributed by atoms with Crippen molar-refractivity contribution < 1.29 is 19.5 Å². The second-order valence-corrected chi connectivity index (χ2v) is 6.67. The summed E-state index contributed by atoms with van der Waals surface area (Å²) in [6, 6.07) is 13.8. The smallest absolute Gasteiger partial charge is 0.335 e. The molecule has 0 aliphatic heterocycles. The predicted molar refractivity (Wildman–Crippen MR) is 104 cm³/mol. The molecule has 0 saturated heterocycles. The first-order valence-corrected chi connectivity index (χ1v) is 8.74. The Kier molecular flexibility index (Phi) is 6.71. The Bertz CT molecular complexity index is 828. The van der Waals surface area contributed by atoms with Crippen LogP contribution in [0.1, 0.15) is 42.3 Å². The molecule has 0 spiro atoms. The topological polar surface area (TPSA) is 86.7 Å². The number of benzene rings is 2. The fourth-order valence-corrected chi connectivity index (χ4v) is 2.75. The molecule has 27 heavy (non-hydrogen) atoms. The zero-order valence-corrected chi connectivity index (χ0v) is 15.7. The summed E-state index contributed by atoms with van der Waals surface area (Å²) in [6.45, 7) is 6.00. The van der Waals surface area contributed by atoms with Crippen LogP contribution in [0.15, 0.2) is 48.5 Å². The van der Waals surface area contributed by atoms with Crippen molar-refractivity contribution in [3.05, 3.63) is 65.2 Å². The Morgan fingerprint density at radius 1 is 1.04 bits per heavy atom. The molecule has 0 fully saturated rings. The number of amides is 2. The number of nitrogens with one attached hydrogen (secondary N) is 1. The van der Waals surface area contributed by atoms with Gasteiger partial charge in [0.2, 0.25) is 11.8 Å². The molecule has 2 aromatic carbocycles.